The highest BCUT2D eigenvalue weighted by molar-refractivity contribution is 7.99. The lowest BCUT2D eigenvalue weighted by atomic mass is 9.73. The predicted molar refractivity (Wildman–Crippen MR) is 139 cm³/mol. The van der Waals surface area contributed by atoms with Crippen LogP contribution in [0.2, 0.25) is 10.0 Å². The Labute approximate surface area is 213 Å². The van der Waals surface area contributed by atoms with Crippen LogP contribution in [0.3, 0.4) is 0 Å². The van der Waals surface area contributed by atoms with Gasteiger partial charge in [0.05, 0.1) is 20.6 Å². The van der Waals surface area contributed by atoms with E-state index in [1.165, 1.54) is 11.1 Å². The maximum atomic E-state index is 6.78. The van der Waals surface area contributed by atoms with Crippen molar-refractivity contribution in [1.82, 2.24) is 14.4 Å². The summed E-state index contributed by atoms with van der Waals surface area (Å²) in [5.41, 5.74) is 11.5. The highest BCUT2D eigenvalue weighted by Gasteiger charge is 2.46. The third-order valence-corrected chi connectivity index (χ3v) is 9.59. The molecule has 6 rings (SSSR count). The van der Waals surface area contributed by atoms with Gasteiger partial charge in [-0.15, -0.1) is 0 Å². The number of anilines is 1. The van der Waals surface area contributed by atoms with Crippen molar-refractivity contribution in [2.24, 2.45) is 11.1 Å². The molecule has 2 aliphatic rings. The molecule has 1 fully saturated rings. The van der Waals surface area contributed by atoms with Gasteiger partial charge in [0.2, 0.25) is 5.95 Å². The molecule has 1 saturated heterocycles. The van der Waals surface area contributed by atoms with Gasteiger partial charge in [-0.3, -0.25) is 4.40 Å². The smallest absolute Gasteiger partial charge is 0.211 e. The summed E-state index contributed by atoms with van der Waals surface area (Å²) >= 11 is 14.3. The number of nitrogens with zero attached hydrogens (tertiary/aromatic N) is 4. The average Bonchev–Trinajstić information content (AvgIpc) is 3.43. The maximum absolute atomic E-state index is 6.78. The standard InChI is InChI=1S/C26H25Cl2N5S/c1-16-22(34-20-8-4-7-19(27)21(20)28)24-30-11-14-33(24)25(31-16)32-12-9-26(10-13-32)15-17-5-2-3-6-18(17)23(26)29/h2-8,11,14,23H,9-10,12-13,15,29H2,1H3/t23-/m1/s1. The molecular formula is C26H25Cl2N5S. The first kappa shape index (κ1) is 22.2. The summed E-state index contributed by atoms with van der Waals surface area (Å²) < 4.78 is 2.09. The fourth-order valence-electron chi connectivity index (χ4n) is 5.52. The van der Waals surface area contributed by atoms with E-state index in [0.29, 0.717) is 10.0 Å². The molecule has 0 bridgehead atoms. The van der Waals surface area contributed by atoms with Gasteiger partial charge in [0, 0.05) is 36.4 Å². The van der Waals surface area contributed by atoms with Crippen LogP contribution in [0.25, 0.3) is 5.65 Å². The Morgan fingerprint density at radius 3 is 2.68 bits per heavy atom. The van der Waals surface area contributed by atoms with Gasteiger partial charge in [-0.25, -0.2) is 9.97 Å². The monoisotopic (exact) mass is 509 g/mol. The van der Waals surface area contributed by atoms with Crippen molar-refractivity contribution in [3.05, 3.63) is 81.7 Å². The molecule has 0 amide bonds. The van der Waals surface area contributed by atoms with Crippen molar-refractivity contribution >= 4 is 46.6 Å². The number of hydrogen-bond acceptors (Lipinski definition) is 5. The second-order valence-corrected chi connectivity index (χ2v) is 11.1. The van der Waals surface area contributed by atoms with E-state index in [1.54, 1.807) is 17.8 Å². The Balaban J connectivity index is 1.29. The quantitative estimate of drug-likeness (QED) is 0.349. The zero-order chi connectivity index (χ0) is 23.4. The Bertz CT molecular complexity index is 1390. The zero-order valence-corrected chi connectivity index (χ0v) is 21.2. The summed E-state index contributed by atoms with van der Waals surface area (Å²) in [6, 6.07) is 14.4. The Hall–Kier alpha value is -2.25. The molecule has 2 aromatic heterocycles. The van der Waals surface area contributed by atoms with Crippen molar-refractivity contribution < 1.29 is 0 Å². The number of aromatic nitrogens is 3. The number of imidazole rings is 1. The van der Waals surface area contributed by atoms with Gasteiger partial charge in [0.25, 0.3) is 0 Å². The van der Waals surface area contributed by atoms with E-state index >= 15 is 0 Å². The highest BCUT2D eigenvalue weighted by Crippen LogP contribution is 2.51. The molecule has 1 atom stereocenters. The summed E-state index contributed by atoms with van der Waals surface area (Å²) in [7, 11) is 0. The number of aryl methyl sites for hydroxylation is 1. The van der Waals surface area contributed by atoms with Gasteiger partial charge in [-0.05, 0) is 54.9 Å². The minimum Gasteiger partial charge on any atom is -0.342 e. The predicted octanol–water partition coefficient (Wildman–Crippen LogP) is 6.34. The number of hydrogen-bond donors (Lipinski definition) is 1. The van der Waals surface area contributed by atoms with E-state index in [2.05, 4.69) is 38.6 Å². The van der Waals surface area contributed by atoms with Crippen LogP contribution in [-0.2, 0) is 6.42 Å². The molecule has 2 aromatic carbocycles. The van der Waals surface area contributed by atoms with Gasteiger partial charge in [0.1, 0.15) is 0 Å². The largest absolute Gasteiger partial charge is 0.342 e. The van der Waals surface area contributed by atoms with E-state index in [4.69, 9.17) is 33.9 Å². The number of rotatable bonds is 3. The molecule has 8 heteroatoms. The molecule has 5 nitrogen and oxygen atoms in total. The zero-order valence-electron chi connectivity index (χ0n) is 18.8. The van der Waals surface area contributed by atoms with E-state index in [0.717, 1.165) is 59.4 Å². The number of halogens is 2. The number of piperidine rings is 1. The number of fused-ring (bicyclic) bond motifs is 2. The summed E-state index contributed by atoms with van der Waals surface area (Å²) in [6.07, 6.45) is 6.99. The van der Waals surface area contributed by atoms with Gasteiger partial charge in [0.15, 0.2) is 5.65 Å². The van der Waals surface area contributed by atoms with Crippen molar-refractivity contribution in [3.63, 3.8) is 0 Å². The number of benzene rings is 2. The molecule has 34 heavy (non-hydrogen) atoms. The minimum atomic E-state index is 0.107. The lowest BCUT2D eigenvalue weighted by Gasteiger charge is -2.42. The van der Waals surface area contributed by atoms with Crippen molar-refractivity contribution in [3.8, 4) is 0 Å². The first-order valence-corrected chi connectivity index (χ1v) is 13.1. The SMILES string of the molecule is Cc1nc(N2CCC3(CC2)Cc2ccccc2[C@H]3N)n2ccnc2c1Sc1cccc(Cl)c1Cl. The summed E-state index contributed by atoms with van der Waals surface area (Å²) in [4.78, 5) is 14.0. The van der Waals surface area contributed by atoms with Gasteiger partial charge < -0.3 is 10.6 Å². The van der Waals surface area contributed by atoms with E-state index < -0.39 is 0 Å². The third kappa shape index (κ3) is 3.51. The summed E-state index contributed by atoms with van der Waals surface area (Å²) in [5, 5.41) is 1.10. The second-order valence-electron chi connectivity index (χ2n) is 9.30. The summed E-state index contributed by atoms with van der Waals surface area (Å²) in [5.74, 6) is 0.936. The van der Waals surface area contributed by atoms with Crippen LogP contribution < -0.4 is 10.6 Å². The normalized spacial score (nSPS) is 19.2. The van der Waals surface area contributed by atoms with Crippen LogP contribution in [-0.4, -0.2) is 27.5 Å². The molecule has 1 spiro atoms. The Morgan fingerprint density at radius 2 is 1.88 bits per heavy atom. The lowest BCUT2D eigenvalue weighted by molar-refractivity contribution is 0.186. The van der Waals surface area contributed by atoms with Crippen LogP contribution in [0.15, 0.2) is 64.6 Å². The third-order valence-electron chi connectivity index (χ3n) is 7.42. The van der Waals surface area contributed by atoms with Crippen LogP contribution in [0.1, 0.15) is 35.7 Å². The van der Waals surface area contributed by atoms with E-state index in [9.17, 15) is 0 Å². The van der Waals surface area contributed by atoms with Gasteiger partial charge in [-0.1, -0.05) is 65.3 Å². The molecule has 4 aromatic rings. The van der Waals surface area contributed by atoms with Gasteiger partial charge >= 0.3 is 0 Å². The van der Waals surface area contributed by atoms with E-state index in [1.807, 2.05) is 31.5 Å². The average molecular weight is 510 g/mol. The van der Waals surface area contributed by atoms with Crippen molar-refractivity contribution in [2.45, 2.75) is 42.0 Å². The van der Waals surface area contributed by atoms with E-state index in [-0.39, 0.29) is 11.5 Å². The molecule has 0 radical (unpaired) electrons. The first-order chi connectivity index (χ1) is 16.5. The topological polar surface area (TPSA) is 59.5 Å². The molecule has 174 valence electrons. The Kier molecular flexibility index (Phi) is 5.52. The fourth-order valence-corrected chi connectivity index (χ4v) is 7.00. The van der Waals surface area contributed by atoms with Crippen LogP contribution in [0.5, 0.6) is 0 Å². The molecular weight excluding hydrogens is 485 g/mol. The van der Waals surface area contributed by atoms with Crippen molar-refractivity contribution in [2.75, 3.05) is 18.0 Å². The lowest BCUT2D eigenvalue weighted by Crippen LogP contribution is -2.45. The molecule has 0 unspecified atom stereocenters. The van der Waals surface area contributed by atoms with Gasteiger partial charge in [-0.2, -0.15) is 0 Å². The molecule has 2 N–H and O–H groups in total. The molecule has 1 aliphatic carbocycles. The van der Waals surface area contributed by atoms with Crippen LogP contribution in [0, 0.1) is 12.3 Å². The molecule has 1 aliphatic heterocycles. The van der Waals surface area contributed by atoms with Crippen LogP contribution >= 0.6 is 35.0 Å². The maximum Gasteiger partial charge on any atom is 0.211 e. The second kappa shape index (κ2) is 8.45. The number of nitrogens with two attached hydrogens (primary N) is 1. The Morgan fingerprint density at radius 1 is 1.09 bits per heavy atom. The highest BCUT2D eigenvalue weighted by atomic mass is 35.5. The van der Waals surface area contributed by atoms with Crippen LogP contribution in [0.4, 0.5) is 5.95 Å². The fraction of sp³-hybridized carbons (Fsp3) is 0.308. The summed E-state index contributed by atoms with van der Waals surface area (Å²) in [6.45, 7) is 3.88. The molecule has 3 heterocycles. The molecule has 0 saturated carbocycles. The van der Waals surface area contributed by atoms with Crippen molar-refractivity contribution in [1.29, 1.82) is 0 Å². The first-order valence-electron chi connectivity index (χ1n) is 11.5. The minimum absolute atomic E-state index is 0.107.